The summed E-state index contributed by atoms with van der Waals surface area (Å²) in [6.07, 6.45) is -1.19. The van der Waals surface area contributed by atoms with Gasteiger partial charge in [0.25, 0.3) is 5.91 Å². The van der Waals surface area contributed by atoms with Crippen LogP contribution >= 0.6 is 11.6 Å². The number of nitrogens with zero attached hydrogens (tertiary/aromatic N) is 3. The molecule has 0 spiro atoms. The number of alkyl halides is 3. The summed E-state index contributed by atoms with van der Waals surface area (Å²) in [5.41, 5.74) is -1.38. The van der Waals surface area contributed by atoms with Crippen molar-refractivity contribution in [3.05, 3.63) is 46.7 Å². The number of rotatable bonds is 3. The molecule has 0 bridgehead atoms. The van der Waals surface area contributed by atoms with Crippen molar-refractivity contribution < 1.29 is 18.0 Å². The third-order valence-electron chi connectivity index (χ3n) is 3.80. The van der Waals surface area contributed by atoms with E-state index < -0.39 is 17.6 Å². The monoisotopic (exact) mass is 370 g/mol. The van der Waals surface area contributed by atoms with E-state index in [1.54, 1.807) is 0 Å². The zero-order chi connectivity index (χ0) is 18.0. The van der Waals surface area contributed by atoms with Crippen molar-refractivity contribution in [1.29, 1.82) is 0 Å². The van der Waals surface area contributed by atoms with Crippen LogP contribution < -0.4 is 10.2 Å². The van der Waals surface area contributed by atoms with Crippen LogP contribution in [0.2, 0.25) is 5.02 Å². The number of hydrogen-bond acceptors (Lipinski definition) is 4. The number of nitrogens with one attached hydrogen (secondary N) is 1. The van der Waals surface area contributed by atoms with Gasteiger partial charge in [-0.2, -0.15) is 13.2 Å². The Morgan fingerprint density at radius 1 is 1.20 bits per heavy atom. The SMILES string of the molecule is O=C(Nc1ccc(Cl)cc1C(F)(F)F)c1ccnc(N2CCCC2)n1. The Balaban J connectivity index is 1.84. The third-order valence-corrected chi connectivity index (χ3v) is 4.03. The lowest BCUT2D eigenvalue weighted by atomic mass is 10.1. The zero-order valence-electron chi connectivity index (χ0n) is 13.0. The van der Waals surface area contributed by atoms with Gasteiger partial charge in [-0.3, -0.25) is 4.79 Å². The number of amides is 1. The first kappa shape index (κ1) is 17.5. The molecule has 0 radical (unpaired) electrons. The first-order valence-corrected chi connectivity index (χ1v) is 7.98. The summed E-state index contributed by atoms with van der Waals surface area (Å²) in [7, 11) is 0. The molecule has 1 aliphatic heterocycles. The highest BCUT2D eigenvalue weighted by Crippen LogP contribution is 2.36. The Hall–Kier alpha value is -2.35. The summed E-state index contributed by atoms with van der Waals surface area (Å²) >= 11 is 5.63. The standard InChI is InChI=1S/C16H14ClF3N4O/c17-10-3-4-12(11(9-10)16(18,19)20)22-14(25)13-5-6-21-15(23-13)24-7-1-2-8-24/h3-6,9H,1-2,7-8H2,(H,22,25). The quantitative estimate of drug-likeness (QED) is 0.887. The largest absolute Gasteiger partial charge is 0.418 e. The minimum Gasteiger partial charge on any atom is -0.341 e. The number of anilines is 2. The Kier molecular flexibility index (Phi) is 4.80. The molecule has 2 aromatic rings. The maximum Gasteiger partial charge on any atom is 0.418 e. The van der Waals surface area contributed by atoms with Crippen molar-refractivity contribution in [3.8, 4) is 0 Å². The number of benzene rings is 1. The lowest BCUT2D eigenvalue weighted by Crippen LogP contribution is -2.23. The fraction of sp³-hybridized carbons (Fsp3) is 0.312. The molecule has 0 atom stereocenters. The summed E-state index contributed by atoms with van der Waals surface area (Å²) in [5, 5.41) is 2.19. The average molecular weight is 371 g/mol. The van der Waals surface area contributed by atoms with Crippen molar-refractivity contribution in [2.24, 2.45) is 0 Å². The number of hydrogen-bond donors (Lipinski definition) is 1. The minimum absolute atomic E-state index is 0.0000236. The molecule has 1 amide bonds. The fourth-order valence-corrected chi connectivity index (χ4v) is 2.76. The summed E-state index contributed by atoms with van der Waals surface area (Å²) in [5.74, 6) is -0.340. The maximum atomic E-state index is 13.1. The predicted molar refractivity (Wildman–Crippen MR) is 87.9 cm³/mol. The molecule has 3 rings (SSSR count). The second-order valence-corrected chi connectivity index (χ2v) is 6.01. The Bertz CT molecular complexity index is 791. The van der Waals surface area contributed by atoms with Gasteiger partial charge in [0.2, 0.25) is 5.95 Å². The van der Waals surface area contributed by atoms with Crippen molar-refractivity contribution in [2.75, 3.05) is 23.3 Å². The van der Waals surface area contributed by atoms with Crippen molar-refractivity contribution in [2.45, 2.75) is 19.0 Å². The Labute approximate surface area is 146 Å². The molecule has 9 heteroatoms. The van der Waals surface area contributed by atoms with E-state index in [1.165, 1.54) is 18.3 Å². The van der Waals surface area contributed by atoms with Gasteiger partial charge in [0.1, 0.15) is 5.69 Å². The zero-order valence-corrected chi connectivity index (χ0v) is 13.7. The lowest BCUT2D eigenvalue weighted by molar-refractivity contribution is -0.136. The Morgan fingerprint density at radius 3 is 2.60 bits per heavy atom. The first-order valence-electron chi connectivity index (χ1n) is 7.61. The van der Waals surface area contributed by atoms with Crippen molar-refractivity contribution >= 4 is 29.1 Å². The number of aromatic nitrogens is 2. The van der Waals surface area contributed by atoms with E-state index >= 15 is 0 Å². The lowest BCUT2D eigenvalue weighted by Gasteiger charge is -2.16. The predicted octanol–water partition coefficient (Wildman–Crippen LogP) is 4.00. The van der Waals surface area contributed by atoms with Crippen LogP contribution in [-0.2, 0) is 6.18 Å². The van der Waals surface area contributed by atoms with Gasteiger partial charge in [-0.15, -0.1) is 0 Å². The minimum atomic E-state index is -4.64. The van der Waals surface area contributed by atoms with E-state index in [1.807, 2.05) is 4.90 Å². The second kappa shape index (κ2) is 6.87. The van der Waals surface area contributed by atoms with E-state index in [0.717, 1.165) is 38.1 Å². The molecule has 25 heavy (non-hydrogen) atoms. The van der Waals surface area contributed by atoms with Crippen molar-refractivity contribution in [3.63, 3.8) is 0 Å². The topological polar surface area (TPSA) is 58.1 Å². The van der Waals surface area contributed by atoms with Gasteiger partial charge in [-0.1, -0.05) is 11.6 Å². The van der Waals surface area contributed by atoms with Crippen LogP contribution in [0.1, 0.15) is 28.9 Å². The average Bonchev–Trinajstić information content (AvgIpc) is 3.10. The summed E-state index contributed by atoms with van der Waals surface area (Å²) < 4.78 is 39.3. The molecular weight excluding hydrogens is 357 g/mol. The highest BCUT2D eigenvalue weighted by molar-refractivity contribution is 6.30. The molecule has 0 unspecified atom stereocenters. The van der Waals surface area contributed by atoms with Crippen LogP contribution in [0.4, 0.5) is 24.8 Å². The normalized spacial score (nSPS) is 14.6. The van der Waals surface area contributed by atoms with Crippen LogP contribution in [0.3, 0.4) is 0 Å². The summed E-state index contributed by atoms with van der Waals surface area (Å²) in [6, 6.07) is 4.53. The van der Waals surface area contributed by atoms with Crippen LogP contribution in [0.25, 0.3) is 0 Å². The van der Waals surface area contributed by atoms with E-state index in [9.17, 15) is 18.0 Å². The van der Waals surface area contributed by atoms with Crippen LogP contribution in [0.5, 0.6) is 0 Å². The molecule has 1 aromatic heterocycles. The second-order valence-electron chi connectivity index (χ2n) is 5.58. The molecule has 0 aliphatic carbocycles. The van der Waals surface area contributed by atoms with Gasteiger partial charge < -0.3 is 10.2 Å². The molecule has 1 saturated heterocycles. The highest BCUT2D eigenvalue weighted by atomic mass is 35.5. The molecule has 2 heterocycles. The van der Waals surface area contributed by atoms with Crippen LogP contribution in [0, 0.1) is 0 Å². The van der Waals surface area contributed by atoms with Gasteiger partial charge in [0, 0.05) is 24.3 Å². The molecule has 1 fully saturated rings. The maximum absolute atomic E-state index is 13.1. The van der Waals surface area contributed by atoms with Gasteiger partial charge in [0.15, 0.2) is 0 Å². The van der Waals surface area contributed by atoms with E-state index in [2.05, 4.69) is 15.3 Å². The molecular formula is C16H14ClF3N4O. The van der Waals surface area contributed by atoms with E-state index in [0.29, 0.717) is 5.95 Å². The fourth-order valence-electron chi connectivity index (χ4n) is 2.59. The molecule has 1 aromatic carbocycles. The molecule has 1 aliphatic rings. The van der Waals surface area contributed by atoms with Crippen LogP contribution in [-0.4, -0.2) is 29.0 Å². The molecule has 5 nitrogen and oxygen atoms in total. The van der Waals surface area contributed by atoms with Gasteiger partial charge in [-0.25, -0.2) is 9.97 Å². The molecule has 0 saturated carbocycles. The van der Waals surface area contributed by atoms with E-state index in [4.69, 9.17) is 11.6 Å². The van der Waals surface area contributed by atoms with Gasteiger partial charge >= 0.3 is 6.18 Å². The van der Waals surface area contributed by atoms with Crippen LogP contribution in [0.15, 0.2) is 30.5 Å². The van der Waals surface area contributed by atoms with Gasteiger partial charge in [0.05, 0.1) is 11.3 Å². The molecule has 1 N–H and O–H groups in total. The third kappa shape index (κ3) is 4.01. The summed E-state index contributed by atoms with van der Waals surface area (Å²) in [6.45, 7) is 1.58. The number of halogens is 4. The molecule has 132 valence electrons. The van der Waals surface area contributed by atoms with E-state index in [-0.39, 0.29) is 16.4 Å². The Morgan fingerprint density at radius 2 is 1.92 bits per heavy atom. The van der Waals surface area contributed by atoms with Gasteiger partial charge in [-0.05, 0) is 37.1 Å². The number of carbonyl (C=O) groups is 1. The smallest absolute Gasteiger partial charge is 0.341 e. The number of carbonyl (C=O) groups excluding carboxylic acids is 1. The first-order chi connectivity index (χ1) is 11.8. The summed E-state index contributed by atoms with van der Waals surface area (Å²) in [4.78, 5) is 22.5. The van der Waals surface area contributed by atoms with Crippen molar-refractivity contribution in [1.82, 2.24) is 9.97 Å². The highest BCUT2D eigenvalue weighted by Gasteiger charge is 2.34.